The average molecular weight is 355 g/mol. The second kappa shape index (κ2) is 7.27. The molecule has 0 N–H and O–H groups in total. The third-order valence-corrected chi connectivity index (χ3v) is 5.53. The molecule has 0 radical (unpaired) electrons. The number of benzene rings is 2. The molecule has 0 amide bonds. The summed E-state index contributed by atoms with van der Waals surface area (Å²) in [7, 11) is -2.15. The van der Waals surface area contributed by atoms with Crippen molar-refractivity contribution in [2.75, 3.05) is 7.05 Å². The summed E-state index contributed by atoms with van der Waals surface area (Å²) in [5.41, 5.74) is 2.21. The fraction of sp³-hybridized carbons (Fsp3) is 0.294. The largest absolute Gasteiger partial charge is 0.435 e. The predicted molar refractivity (Wildman–Crippen MR) is 87.6 cm³/mol. The van der Waals surface area contributed by atoms with Crippen LogP contribution in [0.3, 0.4) is 0 Å². The summed E-state index contributed by atoms with van der Waals surface area (Å²) in [6, 6.07) is 11.2. The highest BCUT2D eigenvalue weighted by atomic mass is 32.2. The Hall–Kier alpha value is -1.99. The summed E-state index contributed by atoms with van der Waals surface area (Å²) in [6.45, 7) is 0.824. The van der Waals surface area contributed by atoms with Crippen LogP contribution < -0.4 is 4.74 Å². The molecule has 0 saturated carbocycles. The van der Waals surface area contributed by atoms with Crippen molar-refractivity contribution in [2.45, 2.75) is 31.9 Å². The zero-order valence-electron chi connectivity index (χ0n) is 13.7. The van der Waals surface area contributed by atoms with Gasteiger partial charge in [-0.3, -0.25) is 0 Å². The Bertz CT molecular complexity index is 805. The Morgan fingerprint density at radius 2 is 1.71 bits per heavy atom. The lowest BCUT2D eigenvalue weighted by atomic mass is 10.2. The van der Waals surface area contributed by atoms with E-state index in [9.17, 15) is 17.2 Å². The quantitative estimate of drug-likeness (QED) is 0.793. The number of hydrogen-bond acceptors (Lipinski definition) is 3. The van der Waals surface area contributed by atoms with Gasteiger partial charge in [0.15, 0.2) is 0 Å². The minimum absolute atomic E-state index is 0.0359. The van der Waals surface area contributed by atoms with Gasteiger partial charge in [0.2, 0.25) is 10.0 Å². The van der Waals surface area contributed by atoms with Gasteiger partial charge in [0.05, 0.1) is 4.90 Å². The molecular weight excluding hydrogens is 336 g/mol. The minimum atomic E-state index is -3.64. The number of alkyl halides is 2. The van der Waals surface area contributed by atoms with Gasteiger partial charge in [-0.25, -0.2) is 8.42 Å². The maximum Gasteiger partial charge on any atom is 0.387 e. The fourth-order valence-corrected chi connectivity index (χ4v) is 3.74. The number of ether oxygens (including phenoxy) is 1. The van der Waals surface area contributed by atoms with E-state index in [1.165, 1.54) is 23.5 Å². The normalized spacial score (nSPS) is 12.0. The Morgan fingerprint density at radius 1 is 1.08 bits per heavy atom. The van der Waals surface area contributed by atoms with Crippen LogP contribution in [0.25, 0.3) is 0 Å². The molecule has 0 aliphatic rings. The molecule has 0 bridgehead atoms. The molecular formula is C17H19F2NO3S. The van der Waals surface area contributed by atoms with E-state index < -0.39 is 16.6 Å². The van der Waals surface area contributed by atoms with Crippen molar-refractivity contribution in [1.82, 2.24) is 4.31 Å². The van der Waals surface area contributed by atoms with E-state index in [2.05, 4.69) is 4.74 Å². The zero-order chi connectivity index (χ0) is 17.9. The van der Waals surface area contributed by atoms with Crippen LogP contribution in [-0.2, 0) is 16.6 Å². The van der Waals surface area contributed by atoms with Crippen molar-refractivity contribution >= 4 is 10.0 Å². The monoisotopic (exact) mass is 355 g/mol. The summed E-state index contributed by atoms with van der Waals surface area (Å²) in [5, 5.41) is 0. The highest BCUT2D eigenvalue weighted by Gasteiger charge is 2.23. The third-order valence-electron chi connectivity index (χ3n) is 3.59. The molecule has 2 aromatic rings. The average Bonchev–Trinajstić information content (AvgIpc) is 2.51. The van der Waals surface area contributed by atoms with Crippen molar-refractivity contribution in [3.63, 3.8) is 0 Å². The molecule has 24 heavy (non-hydrogen) atoms. The van der Waals surface area contributed by atoms with Crippen LogP contribution in [0, 0.1) is 13.8 Å². The molecule has 0 heterocycles. The molecule has 2 aromatic carbocycles. The highest BCUT2D eigenvalue weighted by Crippen LogP contribution is 2.22. The molecule has 7 heteroatoms. The van der Waals surface area contributed by atoms with Gasteiger partial charge >= 0.3 is 6.61 Å². The zero-order valence-corrected chi connectivity index (χ0v) is 14.5. The van der Waals surface area contributed by atoms with Gasteiger partial charge in [-0.05, 0) is 48.7 Å². The van der Waals surface area contributed by atoms with Crippen LogP contribution in [0.2, 0.25) is 0 Å². The standard InChI is InChI=1S/C17H19F2NO3S/c1-12-4-5-13(2)16(10-12)24(21,22)20(3)11-14-6-8-15(9-7-14)23-17(18)19/h4-10,17H,11H2,1-3H3. The molecule has 130 valence electrons. The molecule has 0 atom stereocenters. The van der Waals surface area contributed by atoms with E-state index in [1.54, 1.807) is 31.2 Å². The SMILES string of the molecule is Cc1ccc(C)c(S(=O)(=O)N(C)Cc2ccc(OC(F)F)cc2)c1. The van der Waals surface area contributed by atoms with Crippen LogP contribution in [0.1, 0.15) is 16.7 Å². The molecule has 0 aliphatic heterocycles. The van der Waals surface area contributed by atoms with E-state index >= 15 is 0 Å². The van der Waals surface area contributed by atoms with Crippen LogP contribution in [-0.4, -0.2) is 26.4 Å². The first-order chi connectivity index (χ1) is 11.2. The van der Waals surface area contributed by atoms with Gasteiger partial charge in [-0.15, -0.1) is 0 Å². The number of rotatable bonds is 6. The maximum atomic E-state index is 12.7. The number of nitrogens with zero attached hydrogens (tertiary/aromatic N) is 1. The predicted octanol–water partition coefficient (Wildman–Crippen LogP) is 3.73. The van der Waals surface area contributed by atoms with E-state index in [-0.39, 0.29) is 17.2 Å². The molecule has 2 rings (SSSR count). The van der Waals surface area contributed by atoms with E-state index in [1.807, 2.05) is 13.0 Å². The first-order valence-corrected chi connectivity index (χ1v) is 8.71. The summed E-state index contributed by atoms with van der Waals surface area (Å²) < 4.78 is 55.2. The smallest absolute Gasteiger partial charge is 0.387 e. The lowest BCUT2D eigenvalue weighted by Crippen LogP contribution is -2.27. The van der Waals surface area contributed by atoms with Gasteiger partial charge in [-0.2, -0.15) is 13.1 Å². The number of halogens is 2. The Kier molecular flexibility index (Phi) is 5.56. The van der Waals surface area contributed by atoms with Crippen LogP contribution >= 0.6 is 0 Å². The molecule has 0 aliphatic carbocycles. The Labute approximate surface area is 140 Å². The highest BCUT2D eigenvalue weighted by molar-refractivity contribution is 7.89. The molecule has 0 unspecified atom stereocenters. The number of hydrogen-bond donors (Lipinski definition) is 0. The van der Waals surface area contributed by atoms with Gasteiger partial charge in [0.1, 0.15) is 5.75 Å². The van der Waals surface area contributed by atoms with Crippen LogP contribution in [0.15, 0.2) is 47.4 Å². The van der Waals surface area contributed by atoms with Crippen LogP contribution in [0.4, 0.5) is 8.78 Å². The van der Waals surface area contributed by atoms with Gasteiger partial charge in [0, 0.05) is 13.6 Å². The molecule has 0 fully saturated rings. The van der Waals surface area contributed by atoms with Crippen molar-refractivity contribution < 1.29 is 21.9 Å². The lowest BCUT2D eigenvalue weighted by Gasteiger charge is -2.19. The van der Waals surface area contributed by atoms with Gasteiger partial charge < -0.3 is 4.74 Å². The van der Waals surface area contributed by atoms with Crippen molar-refractivity contribution in [2.24, 2.45) is 0 Å². The summed E-state index contributed by atoms with van der Waals surface area (Å²) in [5.74, 6) is 0.0359. The van der Waals surface area contributed by atoms with E-state index in [0.29, 0.717) is 11.1 Å². The lowest BCUT2D eigenvalue weighted by molar-refractivity contribution is -0.0498. The van der Waals surface area contributed by atoms with Crippen molar-refractivity contribution in [1.29, 1.82) is 0 Å². The van der Waals surface area contributed by atoms with Gasteiger partial charge in [0.25, 0.3) is 0 Å². The third kappa shape index (κ3) is 4.30. The van der Waals surface area contributed by atoms with Crippen LogP contribution in [0.5, 0.6) is 5.75 Å². The summed E-state index contributed by atoms with van der Waals surface area (Å²) in [6.07, 6.45) is 0. The van der Waals surface area contributed by atoms with Gasteiger partial charge in [-0.1, -0.05) is 24.3 Å². The first-order valence-electron chi connectivity index (χ1n) is 7.27. The summed E-state index contributed by atoms with van der Waals surface area (Å²) >= 11 is 0. The van der Waals surface area contributed by atoms with Crippen molar-refractivity contribution in [3.8, 4) is 5.75 Å². The molecule has 0 spiro atoms. The molecule has 0 aromatic heterocycles. The first kappa shape index (κ1) is 18.4. The maximum absolute atomic E-state index is 12.7. The number of aryl methyl sites for hydroxylation is 2. The van der Waals surface area contributed by atoms with E-state index in [0.717, 1.165) is 5.56 Å². The second-order valence-corrected chi connectivity index (χ2v) is 7.57. The van der Waals surface area contributed by atoms with E-state index in [4.69, 9.17) is 0 Å². The second-order valence-electron chi connectivity index (χ2n) is 5.55. The Morgan fingerprint density at radius 3 is 2.29 bits per heavy atom. The Balaban J connectivity index is 2.19. The minimum Gasteiger partial charge on any atom is -0.435 e. The summed E-state index contributed by atoms with van der Waals surface area (Å²) in [4.78, 5) is 0.266. The fourth-order valence-electron chi connectivity index (χ4n) is 2.27. The van der Waals surface area contributed by atoms with Crippen molar-refractivity contribution in [3.05, 3.63) is 59.2 Å². The molecule has 4 nitrogen and oxygen atoms in total. The number of sulfonamides is 1. The molecule has 0 saturated heterocycles. The topological polar surface area (TPSA) is 46.6 Å².